The van der Waals surface area contributed by atoms with E-state index in [1.165, 1.54) is 12.5 Å². The lowest BCUT2D eigenvalue weighted by molar-refractivity contribution is 0.706. The molecule has 3 N–H and O–H groups in total. The fourth-order valence-electron chi connectivity index (χ4n) is 1.42. The molecule has 0 spiro atoms. The van der Waals surface area contributed by atoms with Crippen molar-refractivity contribution in [1.82, 2.24) is 4.98 Å². The standard InChI is InChI=1S/C9H24N2Si/c1-5-9(4)12(7-6-10)11-8(2)3/h8-9,11-12H,5-7,10H2,1-4H3. The Kier molecular flexibility index (Phi) is 6.71. The fraction of sp³-hybridized carbons (Fsp3) is 1.00. The third-order valence-electron chi connectivity index (χ3n) is 2.36. The summed E-state index contributed by atoms with van der Waals surface area (Å²) in [6.45, 7) is 9.91. The molecule has 3 heteroatoms. The van der Waals surface area contributed by atoms with Gasteiger partial charge in [0.1, 0.15) is 8.96 Å². The maximum Gasteiger partial charge on any atom is 0.113 e. The van der Waals surface area contributed by atoms with Crippen LogP contribution in [0.4, 0.5) is 0 Å². The van der Waals surface area contributed by atoms with E-state index in [0.29, 0.717) is 6.04 Å². The van der Waals surface area contributed by atoms with Gasteiger partial charge in [0.05, 0.1) is 0 Å². The number of rotatable bonds is 6. The van der Waals surface area contributed by atoms with Crippen molar-refractivity contribution in [2.24, 2.45) is 5.73 Å². The van der Waals surface area contributed by atoms with Crippen molar-refractivity contribution in [2.75, 3.05) is 6.54 Å². The Morgan fingerprint density at radius 2 is 1.92 bits per heavy atom. The van der Waals surface area contributed by atoms with Gasteiger partial charge in [-0.15, -0.1) is 0 Å². The summed E-state index contributed by atoms with van der Waals surface area (Å²) in [5, 5.41) is 0. The van der Waals surface area contributed by atoms with Crippen molar-refractivity contribution in [3.8, 4) is 0 Å². The minimum atomic E-state index is -0.761. The molecule has 0 aromatic heterocycles. The first-order chi connectivity index (χ1) is 5.61. The summed E-state index contributed by atoms with van der Waals surface area (Å²) in [6, 6.07) is 1.86. The summed E-state index contributed by atoms with van der Waals surface area (Å²) >= 11 is 0. The second kappa shape index (κ2) is 6.63. The van der Waals surface area contributed by atoms with Gasteiger partial charge in [-0.2, -0.15) is 0 Å². The molecule has 2 nitrogen and oxygen atoms in total. The molecular formula is C9H24N2Si. The number of nitrogens with two attached hydrogens (primary N) is 1. The average molecular weight is 188 g/mol. The minimum absolute atomic E-state index is 0.627. The lowest BCUT2D eigenvalue weighted by Crippen LogP contribution is -2.42. The average Bonchev–Trinajstić information content (AvgIpc) is 2.01. The first kappa shape index (κ1) is 12.1. The van der Waals surface area contributed by atoms with E-state index in [0.717, 1.165) is 12.1 Å². The topological polar surface area (TPSA) is 38.0 Å². The molecule has 0 saturated carbocycles. The number of hydrogen-bond donors (Lipinski definition) is 2. The molecule has 0 radical (unpaired) electrons. The molecule has 0 bridgehead atoms. The SMILES string of the molecule is CCC(C)[SiH](CCN)NC(C)C. The van der Waals surface area contributed by atoms with E-state index < -0.39 is 8.96 Å². The van der Waals surface area contributed by atoms with Crippen LogP contribution in [0, 0.1) is 0 Å². The van der Waals surface area contributed by atoms with E-state index in [1.807, 2.05) is 0 Å². The third kappa shape index (κ3) is 4.90. The van der Waals surface area contributed by atoms with E-state index in [9.17, 15) is 0 Å². The van der Waals surface area contributed by atoms with E-state index >= 15 is 0 Å². The van der Waals surface area contributed by atoms with Gasteiger partial charge in [0, 0.05) is 0 Å². The molecule has 2 atom stereocenters. The van der Waals surface area contributed by atoms with Crippen molar-refractivity contribution < 1.29 is 0 Å². The summed E-state index contributed by atoms with van der Waals surface area (Å²) in [5.41, 5.74) is 6.46. The lowest BCUT2D eigenvalue weighted by atomic mass is 10.4. The highest BCUT2D eigenvalue weighted by atomic mass is 28.3. The van der Waals surface area contributed by atoms with Crippen LogP contribution in [0.15, 0.2) is 0 Å². The molecular weight excluding hydrogens is 164 g/mol. The summed E-state index contributed by atoms with van der Waals surface area (Å²) in [6.07, 6.45) is 1.29. The molecule has 2 unspecified atom stereocenters. The molecule has 12 heavy (non-hydrogen) atoms. The van der Waals surface area contributed by atoms with Crippen LogP contribution >= 0.6 is 0 Å². The van der Waals surface area contributed by atoms with E-state index in [4.69, 9.17) is 5.73 Å². The molecule has 0 aromatic rings. The van der Waals surface area contributed by atoms with Crippen LogP contribution in [0.1, 0.15) is 34.1 Å². The van der Waals surface area contributed by atoms with Crippen LogP contribution in [0.5, 0.6) is 0 Å². The molecule has 0 aliphatic carbocycles. The highest BCUT2D eigenvalue weighted by Gasteiger charge is 2.17. The van der Waals surface area contributed by atoms with E-state index in [2.05, 4.69) is 32.7 Å². The van der Waals surface area contributed by atoms with Gasteiger partial charge < -0.3 is 10.7 Å². The Labute approximate surface area is 78.6 Å². The molecule has 0 aliphatic rings. The zero-order valence-corrected chi connectivity index (χ0v) is 10.1. The van der Waals surface area contributed by atoms with Crippen molar-refractivity contribution in [1.29, 1.82) is 0 Å². The molecule has 0 amide bonds. The van der Waals surface area contributed by atoms with Gasteiger partial charge in [0.25, 0.3) is 0 Å². The summed E-state index contributed by atoms with van der Waals surface area (Å²) < 4.78 is 0. The van der Waals surface area contributed by atoms with Crippen molar-refractivity contribution in [2.45, 2.75) is 51.7 Å². The Morgan fingerprint density at radius 1 is 1.33 bits per heavy atom. The summed E-state index contributed by atoms with van der Waals surface area (Å²) in [7, 11) is -0.761. The van der Waals surface area contributed by atoms with Gasteiger partial charge in [-0.05, 0) is 24.2 Å². The molecule has 0 saturated heterocycles. The van der Waals surface area contributed by atoms with E-state index in [1.54, 1.807) is 0 Å². The van der Waals surface area contributed by atoms with Crippen LogP contribution in [-0.4, -0.2) is 21.5 Å². The quantitative estimate of drug-likeness (QED) is 0.620. The van der Waals surface area contributed by atoms with Crippen LogP contribution in [0.2, 0.25) is 11.6 Å². The van der Waals surface area contributed by atoms with Gasteiger partial charge in [-0.3, -0.25) is 0 Å². The van der Waals surface area contributed by atoms with Crippen molar-refractivity contribution in [3.63, 3.8) is 0 Å². The maximum atomic E-state index is 5.59. The molecule has 0 heterocycles. The zero-order valence-electron chi connectivity index (χ0n) is 8.93. The largest absolute Gasteiger partial charge is 0.337 e. The van der Waals surface area contributed by atoms with Crippen LogP contribution in [-0.2, 0) is 0 Å². The predicted molar refractivity (Wildman–Crippen MR) is 59.0 cm³/mol. The van der Waals surface area contributed by atoms with Gasteiger partial charge in [-0.1, -0.05) is 34.1 Å². The monoisotopic (exact) mass is 188 g/mol. The van der Waals surface area contributed by atoms with Gasteiger partial charge in [0.15, 0.2) is 0 Å². The third-order valence-corrected chi connectivity index (χ3v) is 6.25. The molecule has 74 valence electrons. The van der Waals surface area contributed by atoms with Crippen LogP contribution in [0.25, 0.3) is 0 Å². The fourth-order valence-corrected chi connectivity index (χ4v) is 4.27. The van der Waals surface area contributed by atoms with Crippen molar-refractivity contribution in [3.05, 3.63) is 0 Å². The molecule has 0 rings (SSSR count). The number of hydrogen-bond acceptors (Lipinski definition) is 2. The highest BCUT2D eigenvalue weighted by Crippen LogP contribution is 2.14. The van der Waals surface area contributed by atoms with Crippen LogP contribution in [0.3, 0.4) is 0 Å². The normalized spacial score (nSPS) is 16.5. The van der Waals surface area contributed by atoms with E-state index in [-0.39, 0.29) is 0 Å². The first-order valence-corrected chi connectivity index (χ1v) is 7.14. The second-order valence-corrected chi connectivity index (χ2v) is 7.15. The van der Waals surface area contributed by atoms with Gasteiger partial charge >= 0.3 is 0 Å². The Bertz CT molecular complexity index is 107. The lowest BCUT2D eigenvalue weighted by Gasteiger charge is -2.24. The van der Waals surface area contributed by atoms with Gasteiger partial charge in [-0.25, -0.2) is 0 Å². The Balaban J connectivity index is 3.84. The first-order valence-electron chi connectivity index (χ1n) is 5.07. The van der Waals surface area contributed by atoms with Crippen LogP contribution < -0.4 is 10.7 Å². The Hall–Kier alpha value is 0.137. The maximum absolute atomic E-state index is 5.59. The minimum Gasteiger partial charge on any atom is -0.337 e. The van der Waals surface area contributed by atoms with Crippen molar-refractivity contribution >= 4 is 8.96 Å². The molecule has 0 fully saturated rings. The molecule has 0 aromatic carbocycles. The smallest absolute Gasteiger partial charge is 0.113 e. The molecule has 0 aliphatic heterocycles. The predicted octanol–water partition coefficient (Wildman–Crippen LogP) is 1.47. The zero-order chi connectivity index (χ0) is 9.56. The summed E-state index contributed by atoms with van der Waals surface area (Å²) in [5.74, 6) is 0. The van der Waals surface area contributed by atoms with Gasteiger partial charge in [0.2, 0.25) is 0 Å². The second-order valence-electron chi connectivity index (χ2n) is 3.89. The highest BCUT2D eigenvalue weighted by molar-refractivity contribution is 6.57. The Morgan fingerprint density at radius 3 is 2.25 bits per heavy atom. The summed E-state index contributed by atoms with van der Waals surface area (Å²) in [4.78, 5) is 3.69. The number of nitrogens with one attached hydrogen (secondary N) is 1.